The molecule has 0 aliphatic heterocycles. The summed E-state index contributed by atoms with van der Waals surface area (Å²) in [5.41, 5.74) is 5.01. The first-order chi connectivity index (χ1) is 12.7. The second-order valence-electron chi connectivity index (χ2n) is 7.46. The van der Waals surface area contributed by atoms with E-state index in [0.717, 1.165) is 25.3 Å². The van der Waals surface area contributed by atoms with Crippen molar-refractivity contribution >= 4 is 23.3 Å². The quantitative estimate of drug-likeness (QED) is 0.348. The van der Waals surface area contributed by atoms with Crippen molar-refractivity contribution in [1.82, 2.24) is 0 Å². The van der Waals surface area contributed by atoms with Crippen molar-refractivity contribution in [2.75, 3.05) is 12.3 Å². The zero-order chi connectivity index (χ0) is 20.1. The Labute approximate surface area is 158 Å². The molecule has 27 heavy (non-hydrogen) atoms. The molecule has 0 amide bonds. The summed E-state index contributed by atoms with van der Waals surface area (Å²) in [7, 11) is 0. The normalized spacial score (nSPS) is 22.3. The van der Waals surface area contributed by atoms with Gasteiger partial charge in [-0.25, -0.2) is 9.59 Å². The molecule has 1 aromatic carbocycles. The van der Waals surface area contributed by atoms with Crippen molar-refractivity contribution in [1.29, 1.82) is 0 Å². The maximum Gasteiger partial charge on any atom is 0.344 e. The zero-order valence-electron chi connectivity index (χ0n) is 15.8. The molecule has 3 unspecified atom stereocenters. The number of carbonyl (C=O) groups excluding carboxylic acids is 2. The minimum atomic E-state index is -0.840. The van der Waals surface area contributed by atoms with Crippen molar-refractivity contribution in [3.63, 3.8) is 0 Å². The van der Waals surface area contributed by atoms with Gasteiger partial charge < -0.3 is 15.2 Å². The minimum Gasteiger partial charge on any atom is -0.460 e. The Hall–Kier alpha value is -2.64. The Kier molecular flexibility index (Phi) is 6.76. The van der Waals surface area contributed by atoms with Crippen molar-refractivity contribution in [3.05, 3.63) is 33.9 Å². The molecule has 2 rings (SSSR count). The smallest absolute Gasteiger partial charge is 0.344 e. The molecule has 0 spiro atoms. The molecule has 1 aliphatic carbocycles. The molecule has 1 aliphatic rings. The van der Waals surface area contributed by atoms with Crippen LogP contribution in [0.4, 0.5) is 11.4 Å². The fraction of sp³-hybridized carbons (Fsp3) is 0.579. The maximum atomic E-state index is 12.1. The van der Waals surface area contributed by atoms with Crippen molar-refractivity contribution in [2.45, 2.75) is 46.1 Å². The lowest BCUT2D eigenvalue weighted by atomic mass is 9.75. The highest BCUT2D eigenvalue weighted by Crippen LogP contribution is 2.35. The Balaban J connectivity index is 1.93. The number of nitrogens with two attached hydrogens (primary N) is 1. The van der Waals surface area contributed by atoms with Crippen LogP contribution in [-0.2, 0) is 14.3 Å². The Bertz CT molecular complexity index is 718. The molecule has 148 valence electrons. The summed E-state index contributed by atoms with van der Waals surface area (Å²) in [6.07, 6.45) is 2.73. The van der Waals surface area contributed by atoms with E-state index in [1.807, 2.05) is 0 Å². The summed E-state index contributed by atoms with van der Waals surface area (Å²) in [6.45, 7) is 5.81. The van der Waals surface area contributed by atoms with Crippen LogP contribution < -0.4 is 5.73 Å². The van der Waals surface area contributed by atoms with E-state index in [4.69, 9.17) is 15.2 Å². The standard InChI is InChI=1S/C19H26N2O6/c1-11(2)14-6-4-12(3)8-17(14)27-18(22)10-26-19(23)13-5-7-15(20)16(9-13)21(24)25/h5,7,9,11-12,14,17H,4,6,8,10,20H2,1-3H3. The highest BCUT2D eigenvalue weighted by molar-refractivity contribution is 5.92. The van der Waals surface area contributed by atoms with Crippen LogP contribution in [0.1, 0.15) is 50.4 Å². The third-order valence-corrected chi connectivity index (χ3v) is 5.03. The summed E-state index contributed by atoms with van der Waals surface area (Å²) in [5.74, 6) is -0.282. The van der Waals surface area contributed by atoms with Crippen LogP contribution in [0.3, 0.4) is 0 Å². The lowest BCUT2D eigenvalue weighted by molar-refractivity contribution is -0.383. The number of ether oxygens (including phenoxy) is 2. The van der Waals surface area contributed by atoms with Crippen molar-refractivity contribution < 1.29 is 24.0 Å². The topological polar surface area (TPSA) is 122 Å². The molecule has 1 saturated carbocycles. The number of nitrogens with zero attached hydrogens (tertiary/aromatic N) is 1. The first kappa shape index (κ1) is 20.7. The van der Waals surface area contributed by atoms with E-state index in [0.29, 0.717) is 17.8 Å². The van der Waals surface area contributed by atoms with Gasteiger partial charge in [0, 0.05) is 6.07 Å². The van der Waals surface area contributed by atoms with Crippen LogP contribution in [0, 0.1) is 27.9 Å². The van der Waals surface area contributed by atoms with Gasteiger partial charge in [0.05, 0.1) is 10.5 Å². The number of nitro benzene ring substituents is 1. The molecule has 3 atom stereocenters. The van der Waals surface area contributed by atoms with E-state index in [-0.39, 0.29) is 23.0 Å². The number of benzene rings is 1. The average Bonchev–Trinajstić information content (AvgIpc) is 2.59. The number of rotatable bonds is 6. The summed E-state index contributed by atoms with van der Waals surface area (Å²) < 4.78 is 10.5. The molecule has 0 radical (unpaired) electrons. The average molecular weight is 378 g/mol. The fourth-order valence-electron chi connectivity index (χ4n) is 3.49. The molecular weight excluding hydrogens is 352 g/mol. The van der Waals surface area contributed by atoms with Crippen LogP contribution in [-0.4, -0.2) is 29.6 Å². The second-order valence-corrected chi connectivity index (χ2v) is 7.46. The number of hydrogen-bond acceptors (Lipinski definition) is 7. The molecular formula is C19H26N2O6. The van der Waals surface area contributed by atoms with E-state index in [2.05, 4.69) is 20.8 Å². The van der Waals surface area contributed by atoms with Gasteiger partial charge in [-0.3, -0.25) is 10.1 Å². The first-order valence-corrected chi connectivity index (χ1v) is 9.09. The number of carbonyl (C=O) groups is 2. The van der Waals surface area contributed by atoms with E-state index < -0.39 is 23.5 Å². The van der Waals surface area contributed by atoms with Gasteiger partial charge in [-0.05, 0) is 42.7 Å². The molecule has 8 heteroatoms. The van der Waals surface area contributed by atoms with E-state index >= 15 is 0 Å². The number of nitrogen functional groups attached to an aromatic ring is 1. The lowest BCUT2D eigenvalue weighted by Crippen LogP contribution is -2.36. The van der Waals surface area contributed by atoms with Gasteiger partial charge in [0.1, 0.15) is 11.8 Å². The van der Waals surface area contributed by atoms with Crippen LogP contribution in [0.2, 0.25) is 0 Å². The van der Waals surface area contributed by atoms with Gasteiger partial charge in [-0.15, -0.1) is 0 Å². The van der Waals surface area contributed by atoms with Crippen LogP contribution >= 0.6 is 0 Å². The minimum absolute atomic E-state index is 0.0463. The Morgan fingerprint density at radius 3 is 2.67 bits per heavy atom. The SMILES string of the molecule is CC1CCC(C(C)C)C(OC(=O)COC(=O)c2ccc(N)c([N+](=O)[O-])c2)C1. The Morgan fingerprint density at radius 2 is 2.04 bits per heavy atom. The largest absolute Gasteiger partial charge is 0.460 e. The molecule has 0 aromatic heterocycles. The summed E-state index contributed by atoms with van der Waals surface area (Å²) in [6, 6.07) is 3.60. The van der Waals surface area contributed by atoms with Crippen LogP contribution in [0.15, 0.2) is 18.2 Å². The van der Waals surface area contributed by atoms with Gasteiger partial charge >= 0.3 is 11.9 Å². The molecule has 2 N–H and O–H groups in total. The van der Waals surface area contributed by atoms with Crippen molar-refractivity contribution in [3.8, 4) is 0 Å². The van der Waals surface area contributed by atoms with Crippen molar-refractivity contribution in [2.24, 2.45) is 17.8 Å². The van der Waals surface area contributed by atoms with Gasteiger partial charge in [0.15, 0.2) is 6.61 Å². The molecule has 8 nitrogen and oxygen atoms in total. The molecule has 0 bridgehead atoms. The van der Waals surface area contributed by atoms with Gasteiger partial charge in [0.25, 0.3) is 5.69 Å². The summed E-state index contributed by atoms with van der Waals surface area (Å²) in [4.78, 5) is 34.4. The molecule has 1 aromatic rings. The number of hydrogen-bond donors (Lipinski definition) is 1. The second kappa shape index (κ2) is 8.83. The first-order valence-electron chi connectivity index (χ1n) is 9.09. The molecule has 1 fully saturated rings. The third-order valence-electron chi connectivity index (χ3n) is 5.03. The molecule has 0 saturated heterocycles. The number of esters is 2. The summed E-state index contributed by atoms with van der Waals surface area (Å²) >= 11 is 0. The third kappa shape index (κ3) is 5.42. The van der Waals surface area contributed by atoms with Gasteiger partial charge in [-0.1, -0.05) is 27.2 Å². The predicted molar refractivity (Wildman–Crippen MR) is 99.0 cm³/mol. The zero-order valence-corrected chi connectivity index (χ0v) is 15.8. The van der Waals surface area contributed by atoms with E-state index in [9.17, 15) is 19.7 Å². The number of nitro groups is 1. The predicted octanol–water partition coefficient (Wildman–Crippen LogP) is 3.34. The van der Waals surface area contributed by atoms with Crippen LogP contribution in [0.5, 0.6) is 0 Å². The number of anilines is 1. The van der Waals surface area contributed by atoms with E-state index in [1.165, 1.54) is 12.1 Å². The lowest BCUT2D eigenvalue weighted by Gasteiger charge is -2.36. The van der Waals surface area contributed by atoms with E-state index in [1.54, 1.807) is 0 Å². The molecule has 0 heterocycles. The highest BCUT2D eigenvalue weighted by Gasteiger charge is 2.33. The summed E-state index contributed by atoms with van der Waals surface area (Å²) in [5, 5.41) is 10.9. The monoisotopic (exact) mass is 378 g/mol. The van der Waals surface area contributed by atoms with Gasteiger partial charge in [-0.2, -0.15) is 0 Å². The highest BCUT2D eigenvalue weighted by atomic mass is 16.6. The Morgan fingerprint density at radius 1 is 1.33 bits per heavy atom. The fourth-order valence-corrected chi connectivity index (χ4v) is 3.49. The van der Waals surface area contributed by atoms with Crippen LogP contribution in [0.25, 0.3) is 0 Å². The maximum absolute atomic E-state index is 12.1. The van der Waals surface area contributed by atoms with Gasteiger partial charge in [0.2, 0.25) is 0 Å².